The number of fused-ring (bicyclic) bond motifs is 4. The van der Waals surface area contributed by atoms with Crippen LogP contribution in [0.5, 0.6) is 0 Å². The third-order valence-electron chi connectivity index (χ3n) is 10.7. The van der Waals surface area contributed by atoms with Crippen molar-refractivity contribution in [3.05, 3.63) is 0 Å². The summed E-state index contributed by atoms with van der Waals surface area (Å²) in [5, 5.41) is 0. The van der Waals surface area contributed by atoms with Crippen molar-refractivity contribution in [1.29, 1.82) is 0 Å². The van der Waals surface area contributed by atoms with Crippen LogP contribution in [0.25, 0.3) is 0 Å². The quantitative estimate of drug-likeness (QED) is 0.391. The fourth-order valence-corrected chi connectivity index (χ4v) is 9.18. The molecule has 6 aliphatic rings. The Morgan fingerprint density at radius 3 is 0.500 bits per heavy atom. The van der Waals surface area contributed by atoms with E-state index in [9.17, 15) is 0 Å². The molecule has 0 radical (unpaired) electrons. The minimum absolute atomic E-state index is 1.16. The Morgan fingerprint density at radius 2 is 0.357 bits per heavy atom. The SMILES string of the molecule is C1CCC2CC3CCCCC3CC2C1.C1CCC2CC3CCCCC3CC2C1. The third kappa shape index (κ3) is 4.51. The Kier molecular flexibility index (Phi) is 6.71. The second-order valence-corrected chi connectivity index (χ2v) is 12.2. The molecule has 0 N–H and O–H groups in total. The lowest BCUT2D eigenvalue weighted by atomic mass is 9.60. The van der Waals surface area contributed by atoms with Gasteiger partial charge < -0.3 is 0 Å². The van der Waals surface area contributed by atoms with E-state index in [1.165, 1.54) is 0 Å². The summed E-state index contributed by atoms with van der Waals surface area (Å²) < 4.78 is 0. The molecule has 28 heavy (non-hydrogen) atoms. The molecule has 0 heterocycles. The van der Waals surface area contributed by atoms with Crippen molar-refractivity contribution in [3.63, 3.8) is 0 Å². The molecule has 0 aromatic heterocycles. The molecule has 0 saturated heterocycles. The predicted octanol–water partition coefficient (Wildman–Crippen LogP) is 8.79. The second-order valence-electron chi connectivity index (χ2n) is 12.2. The smallest absolute Gasteiger partial charge is 0.0383 e. The monoisotopic (exact) mass is 384 g/mol. The molecule has 8 unspecified atom stereocenters. The number of rotatable bonds is 0. The van der Waals surface area contributed by atoms with Crippen LogP contribution in [0.15, 0.2) is 0 Å². The first-order valence-electron chi connectivity index (χ1n) is 13.9. The average Bonchev–Trinajstić information content (AvgIpc) is 2.76. The van der Waals surface area contributed by atoms with E-state index < -0.39 is 0 Å². The highest BCUT2D eigenvalue weighted by molar-refractivity contribution is 4.90. The Balaban J connectivity index is 0.000000122. The van der Waals surface area contributed by atoms with Gasteiger partial charge in [-0.25, -0.2) is 0 Å². The first-order chi connectivity index (χ1) is 13.9. The molecule has 6 aliphatic carbocycles. The summed E-state index contributed by atoms with van der Waals surface area (Å²) >= 11 is 0. The van der Waals surface area contributed by atoms with Crippen LogP contribution in [0.4, 0.5) is 0 Å². The van der Waals surface area contributed by atoms with Crippen LogP contribution >= 0.6 is 0 Å². The van der Waals surface area contributed by atoms with Gasteiger partial charge in [0, 0.05) is 0 Å². The summed E-state index contributed by atoms with van der Waals surface area (Å²) in [5.74, 6) is 9.25. The largest absolute Gasteiger partial charge is 0.0530 e. The summed E-state index contributed by atoms with van der Waals surface area (Å²) in [7, 11) is 0. The maximum atomic E-state index is 1.62. The van der Waals surface area contributed by atoms with Crippen LogP contribution < -0.4 is 0 Å². The van der Waals surface area contributed by atoms with Gasteiger partial charge in [0.05, 0.1) is 0 Å². The van der Waals surface area contributed by atoms with Crippen LogP contribution in [0.2, 0.25) is 0 Å². The molecular weight excluding hydrogens is 336 g/mol. The average molecular weight is 385 g/mol. The Bertz CT molecular complexity index is 352. The lowest BCUT2D eigenvalue weighted by molar-refractivity contribution is 0.0520. The summed E-state index contributed by atoms with van der Waals surface area (Å²) in [6.45, 7) is 0. The van der Waals surface area contributed by atoms with Crippen molar-refractivity contribution >= 4 is 0 Å². The van der Waals surface area contributed by atoms with E-state index in [-0.39, 0.29) is 0 Å². The summed E-state index contributed by atoms with van der Waals surface area (Å²) in [4.78, 5) is 0. The Labute approximate surface area is 176 Å². The van der Waals surface area contributed by atoms with Gasteiger partial charge in [0.1, 0.15) is 0 Å². The number of hydrogen-bond donors (Lipinski definition) is 0. The van der Waals surface area contributed by atoms with Gasteiger partial charge in [0.25, 0.3) is 0 Å². The maximum absolute atomic E-state index is 1.62. The highest BCUT2D eigenvalue weighted by atomic mass is 14.4. The lowest BCUT2D eigenvalue weighted by Crippen LogP contribution is -2.35. The molecule has 8 atom stereocenters. The molecular formula is C28H48. The van der Waals surface area contributed by atoms with Gasteiger partial charge in [-0.15, -0.1) is 0 Å². The van der Waals surface area contributed by atoms with Gasteiger partial charge in [-0.05, 0) is 73.0 Å². The van der Waals surface area contributed by atoms with Crippen molar-refractivity contribution in [2.45, 2.75) is 128 Å². The van der Waals surface area contributed by atoms with Crippen LogP contribution in [0.1, 0.15) is 128 Å². The first-order valence-corrected chi connectivity index (χ1v) is 13.9. The molecule has 0 bridgehead atoms. The summed E-state index contributed by atoms with van der Waals surface area (Å²) in [6, 6.07) is 0. The highest BCUT2D eigenvalue weighted by Crippen LogP contribution is 2.51. The van der Waals surface area contributed by atoms with Crippen molar-refractivity contribution in [3.8, 4) is 0 Å². The van der Waals surface area contributed by atoms with E-state index in [4.69, 9.17) is 0 Å². The molecule has 6 rings (SSSR count). The standard InChI is InChI=1S/2C14H24/c2*1-2-6-12-10-14-8-4-3-7-13(14)9-11(12)5-1/h2*11-14H,1-10H2. The van der Waals surface area contributed by atoms with Gasteiger partial charge in [0.2, 0.25) is 0 Å². The third-order valence-corrected chi connectivity index (χ3v) is 10.7. The molecule has 160 valence electrons. The normalized spacial score (nSPS) is 48.0. The van der Waals surface area contributed by atoms with Crippen molar-refractivity contribution in [2.75, 3.05) is 0 Å². The zero-order valence-electron chi connectivity index (χ0n) is 18.8. The summed E-state index contributed by atoms with van der Waals surface area (Å²) in [5.41, 5.74) is 0. The van der Waals surface area contributed by atoms with E-state index in [1.54, 1.807) is 128 Å². The van der Waals surface area contributed by atoms with Gasteiger partial charge in [0.15, 0.2) is 0 Å². The molecule has 0 heteroatoms. The molecule has 6 fully saturated rings. The second kappa shape index (κ2) is 9.43. The van der Waals surface area contributed by atoms with Crippen LogP contribution in [-0.2, 0) is 0 Å². The maximum Gasteiger partial charge on any atom is -0.0383 e. The van der Waals surface area contributed by atoms with Gasteiger partial charge in [-0.3, -0.25) is 0 Å². The van der Waals surface area contributed by atoms with Crippen LogP contribution in [-0.4, -0.2) is 0 Å². The van der Waals surface area contributed by atoms with Crippen molar-refractivity contribution in [2.24, 2.45) is 47.3 Å². The molecule has 0 aliphatic heterocycles. The molecule has 0 aromatic carbocycles. The Morgan fingerprint density at radius 1 is 0.214 bits per heavy atom. The van der Waals surface area contributed by atoms with Crippen molar-refractivity contribution in [1.82, 2.24) is 0 Å². The van der Waals surface area contributed by atoms with Gasteiger partial charge in [-0.2, -0.15) is 0 Å². The van der Waals surface area contributed by atoms with E-state index in [2.05, 4.69) is 0 Å². The van der Waals surface area contributed by atoms with Gasteiger partial charge >= 0.3 is 0 Å². The topological polar surface area (TPSA) is 0 Å². The molecule has 0 amide bonds. The van der Waals surface area contributed by atoms with Gasteiger partial charge in [-0.1, -0.05) is 103 Å². The zero-order chi connectivity index (χ0) is 18.8. The number of hydrogen-bond acceptors (Lipinski definition) is 0. The van der Waals surface area contributed by atoms with E-state index in [0.717, 1.165) is 47.3 Å². The zero-order valence-corrected chi connectivity index (χ0v) is 18.8. The predicted molar refractivity (Wildman–Crippen MR) is 120 cm³/mol. The van der Waals surface area contributed by atoms with Crippen LogP contribution in [0, 0.1) is 47.3 Å². The Hall–Kier alpha value is 0. The lowest BCUT2D eigenvalue weighted by Gasteiger charge is -2.46. The minimum atomic E-state index is 1.16. The van der Waals surface area contributed by atoms with E-state index in [0.29, 0.717) is 0 Å². The highest BCUT2D eigenvalue weighted by Gasteiger charge is 2.39. The first kappa shape index (κ1) is 19.9. The van der Waals surface area contributed by atoms with E-state index >= 15 is 0 Å². The molecule has 0 aromatic rings. The summed E-state index contributed by atoms with van der Waals surface area (Å²) in [6.07, 6.45) is 31.4. The molecule has 0 spiro atoms. The van der Waals surface area contributed by atoms with E-state index in [1.807, 2.05) is 0 Å². The van der Waals surface area contributed by atoms with Crippen molar-refractivity contribution < 1.29 is 0 Å². The fourth-order valence-electron chi connectivity index (χ4n) is 9.18. The fraction of sp³-hybridized carbons (Fsp3) is 1.00. The molecule has 0 nitrogen and oxygen atoms in total. The minimum Gasteiger partial charge on any atom is -0.0530 e. The molecule has 6 saturated carbocycles. The van der Waals surface area contributed by atoms with Crippen LogP contribution in [0.3, 0.4) is 0 Å².